The zero-order valence-electron chi connectivity index (χ0n) is 15.6. The van der Waals surface area contributed by atoms with E-state index in [1.54, 1.807) is 13.0 Å². The number of hydrogen-bond acceptors (Lipinski definition) is 3. The van der Waals surface area contributed by atoms with Crippen LogP contribution in [0, 0.1) is 12.7 Å². The van der Waals surface area contributed by atoms with Crippen LogP contribution in [0.2, 0.25) is 0 Å². The van der Waals surface area contributed by atoms with Gasteiger partial charge in [-0.05, 0) is 48.4 Å². The third kappa shape index (κ3) is 5.45. The number of benzene rings is 2. The van der Waals surface area contributed by atoms with E-state index in [0.29, 0.717) is 43.1 Å². The fourth-order valence-electron chi connectivity index (χ4n) is 3.23. The Morgan fingerprint density at radius 2 is 1.86 bits per heavy atom. The molecule has 1 atom stereocenters. The van der Waals surface area contributed by atoms with Crippen LogP contribution in [0.5, 0.6) is 5.75 Å². The van der Waals surface area contributed by atoms with E-state index in [-0.39, 0.29) is 5.82 Å². The number of alkyl halides is 3. The predicted octanol–water partition coefficient (Wildman–Crippen LogP) is 5.00. The van der Waals surface area contributed by atoms with Gasteiger partial charge in [0.05, 0.1) is 18.8 Å². The maximum Gasteiger partial charge on any atom is 0.416 e. The predicted molar refractivity (Wildman–Crippen MR) is 97.8 cm³/mol. The number of halogens is 4. The maximum absolute atomic E-state index is 13.4. The van der Waals surface area contributed by atoms with Gasteiger partial charge in [0.2, 0.25) is 0 Å². The molecule has 1 fully saturated rings. The van der Waals surface area contributed by atoms with Crippen molar-refractivity contribution in [2.24, 2.45) is 0 Å². The van der Waals surface area contributed by atoms with Crippen molar-refractivity contribution in [3.63, 3.8) is 0 Å². The molecule has 7 heteroatoms. The summed E-state index contributed by atoms with van der Waals surface area (Å²) < 4.78 is 64.2. The molecule has 0 aliphatic carbocycles. The van der Waals surface area contributed by atoms with Gasteiger partial charge in [-0.1, -0.05) is 12.1 Å². The van der Waals surface area contributed by atoms with Gasteiger partial charge in [-0.2, -0.15) is 13.2 Å². The molecule has 0 spiro atoms. The largest absolute Gasteiger partial charge is 0.485 e. The molecule has 0 radical (unpaired) electrons. The lowest BCUT2D eigenvalue weighted by Gasteiger charge is -2.29. The fourth-order valence-corrected chi connectivity index (χ4v) is 3.23. The second-order valence-electron chi connectivity index (χ2n) is 6.88. The van der Waals surface area contributed by atoms with Gasteiger partial charge in [-0.25, -0.2) is 4.39 Å². The zero-order chi connectivity index (χ0) is 20.1. The molecule has 28 heavy (non-hydrogen) atoms. The first-order valence-corrected chi connectivity index (χ1v) is 9.23. The Balaban J connectivity index is 1.83. The molecule has 1 unspecified atom stereocenters. The van der Waals surface area contributed by atoms with Crippen molar-refractivity contribution < 1.29 is 27.0 Å². The van der Waals surface area contributed by atoms with Crippen molar-refractivity contribution in [1.29, 1.82) is 0 Å². The van der Waals surface area contributed by atoms with Gasteiger partial charge in [-0.3, -0.25) is 4.90 Å². The second kappa shape index (κ2) is 8.92. The smallest absolute Gasteiger partial charge is 0.416 e. The van der Waals surface area contributed by atoms with Crippen LogP contribution < -0.4 is 4.74 Å². The van der Waals surface area contributed by atoms with E-state index < -0.39 is 17.8 Å². The molecule has 0 N–H and O–H groups in total. The standard InChI is InChI=1S/C21H23F4NO2/c1-15-13-18(22)5-6-19(15)28-20(7-8-26-9-11-27-12-10-26)16-3-2-4-17(14-16)21(23,24)25/h2-6,13-14,20H,7-12H2,1H3. The van der Waals surface area contributed by atoms with Crippen molar-refractivity contribution in [3.8, 4) is 5.75 Å². The Bertz CT molecular complexity index is 788. The minimum atomic E-state index is -4.42. The molecule has 2 aromatic rings. The molecule has 0 aromatic heterocycles. The summed E-state index contributed by atoms with van der Waals surface area (Å²) >= 11 is 0. The number of hydrogen-bond donors (Lipinski definition) is 0. The average Bonchev–Trinajstić information content (AvgIpc) is 2.67. The van der Waals surface area contributed by atoms with Crippen molar-refractivity contribution in [3.05, 3.63) is 65.0 Å². The molecule has 3 rings (SSSR count). The highest BCUT2D eigenvalue weighted by Crippen LogP contribution is 2.33. The summed E-state index contributed by atoms with van der Waals surface area (Å²) in [5, 5.41) is 0. The monoisotopic (exact) mass is 397 g/mol. The van der Waals surface area contributed by atoms with E-state index in [1.165, 1.54) is 24.3 Å². The number of morpholine rings is 1. The number of ether oxygens (including phenoxy) is 2. The Hall–Kier alpha value is -2.12. The summed E-state index contributed by atoms with van der Waals surface area (Å²) in [6.45, 7) is 5.24. The van der Waals surface area contributed by atoms with Gasteiger partial charge >= 0.3 is 6.18 Å². The third-order valence-electron chi connectivity index (χ3n) is 4.80. The van der Waals surface area contributed by atoms with Gasteiger partial charge in [0, 0.05) is 26.1 Å². The van der Waals surface area contributed by atoms with Gasteiger partial charge in [-0.15, -0.1) is 0 Å². The van der Waals surface area contributed by atoms with Crippen LogP contribution >= 0.6 is 0 Å². The van der Waals surface area contributed by atoms with Crippen molar-refractivity contribution in [2.75, 3.05) is 32.8 Å². The Labute approximate surface area is 161 Å². The minimum Gasteiger partial charge on any atom is -0.485 e. The highest BCUT2D eigenvalue weighted by atomic mass is 19.4. The summed E-state index contributed by atoms with van der Waals surface area (Å²) in [7, 11) is 0. The Morgan fingerprint density at radius 3 is 2.54 bits per heavy atom. The van der Waals surface area contributed by atoms with Crippen LogP contribution in [0.15, 0.2) is 42.5 Å². The summed E-state index contributed by atoms with van der Waals surface area (Å²) in [6, 6.07) is 9.35. The minimum absolute atomic E-state index is 0.381. The quantitative estimate of drug-likeness (QED) is 0.641. The summed E-state index contributed by atoms with van der Waals surface area (Å²) in [4.78, 5) is 2.20. The summed E-state index contributed by atoms with van der Waals surface area (Å²) in [6.07, 6.45) is -4.48. The molecule has 152 valence electrons. The maximum atomic E-state index is 13.4. The van der Waals surface area contributed by atoms with Gasteiger partial charge in [0.25, 0.3) is 0 Å². The number of aryl methyl sites for hydroxylation is 1. The molecule has 2 aromatic carbocycles. The Morgan fingerprint density at radius 1 is 1.11 bits per heavy atom. The highest BCUT2D eigenvalue weighted by molar-refractivity contribution is 5.34. The van der Waals surface area contributed by atoms with E-state index in [2.05, 4.69) is 4.90 Å². The van der Waals surface area contributed by atoms with E-state index in [0.717, 1.165) is 25.2 Å². The van der Waals surface area contributed by atoms with Crippen LogP contribution in [-0.4, -0.2) is 37.7 Å². The third-order valence-corrected chi connectivity index (χ3v) is 4.80. The lowest BCUT2D eigenvalue weighted by Crippen LogP contribution is -2.37. The molecular weight excluding hydrogens is 374 g/mol. The highest BCUT2D eigenvalue weighted by Gasteiger charge is 2.31. The SMILES string of the molecule is Cc1cc(F)ccc1OC(CCN1CCOCC1)c1cccc(C(F)(F)F)c1. The van der Waals surface area contributed by atoms with Crippen molar-refractivity contribution in [2.45, 2.75) is 25.6 Å². The molecule has 1 heterocycles. The first-order chi connectivity index (χ1) is 13.3. The van der Waals surface area contributed by atoms with Gasteiger partial charge in [0.1, 0.15) is 17.7 Å². The van der Waals surface area contributed by atoms with Crippen LogP contribution in [-0.2, 0) is 10.9 Å². The van der Waals surface area contributed by atoms with Crippen LogP contribution in [0.1, 0.15) is 29.2 Å². The first kappa shape index (κ1) is 20.6. The summed E-state index contributed by atoms with van der Waals surface area (Å²) in [5.74, 6) is 0.0829. The van der Waals surface area contributed by atoms with E-state index in [1.807, 2.05) is 0 Å². The molecule has 0 bridgehead atoms. The molecule has 1 aliphatic rings. The first-order valence-electron chi connectivity index (χ1n) is 9.23. The molecular formula is C21H23F4NO2. The normalized spacial score (nSPS) is 16.8. The van der Waals surface area contributed by atoms with Crippen LogP contribution in [0.4, 0.5) is 17.6 Å². The van der Waals surface area contributed by atoms with Crippen molar-refractivity contribution in [1.82, 2.24) is 4.90 Å². The van der Waals surface area contributed by atoms with E-state index in [9.17, 15) is 17.6 Å². The average molecular weight is 397 g/mol. The number of nitrogens with zero attached hydrogens (tertiary/aromatic N) is 1. The van der Waals surface area contributed by atoms with Crippen LogP contribution in [0.25, 0.3) is 0 Å². The lowest BCUT2D eigenvalue weighted by molar-refractivity contribution is -0.137. The molecule has 1 aliphatic heterocycles. The van der Waals surface area contributed by atoms with E-state index in [4.69, 9.17) is 9.47 Å². The molecule has 0 saturated carbocycles. The van der Waals surface area contributed by atoms with Crippen molar-refractivity contribution >= 4 is 0 Å². The van der Waals surface area contributed by atoms with E-state index >= 15 is 0 Å². The molecule has 0 amide bonds. The zero-order valence-corrected chi connectivity index (χ0v) is 15.6. The molecule has 3 nitrogen and oxygen atoms in total. The molecule has 1 saturated heterocycles. The van der Waals surface area contributed by atoms with Gasteiger partial charge in [0.15, 0.2) is 0 Å². The summed E-state index contributed by atoms with van der Waals surface area (Å²) in [5.41, 5.74) is 0.343. The van der Waals surface area contributed by atoms with Crippen LogP contribution in [0.3, 0.4) is 0 Å². The topological polar surface area (TPSA) is 21.7 Å². The Kier molecular flexibility index (Phi) is 6.57. The lowest BCUT2D eigenvalue weighted by atomic mass is 10.0. The second-order valence-corrected chi connectivity index (χ2v) is 6.88. The number of rotatable bonds is 6. The fraction of sp³-hybridized carbons (Fsp3) is 0.429. The van der Waals surface area contributed by atoms with Gasteiger partial charge < -0.3 is 9.47 Å².